The maximum Gasteiger partial charge on any atom is 0.241 e. The van der Waals surface area contributed by atoms with Crippen molar-refractivity contribution in [3.05, 3.63) is 0 Å². The van der Waals surface area contributed by atoms with Crippen molar-refractivity contribution >= 4 is 5.91 Å². The quantitative estimate of drug-likeness (QED) is 0.690. The lowest BCUT2D eigenvalue weighted by Gasteiger charge is -2.23. The Kier molecular flexibility index (Phi) is 5.92. The van der Waals surface area contributed by atoms with E-state index in [1.165, 1.54) is 0 Å². The maximum absolute atomic E-state index is 12.0. The van der Waals surface area contributed by atoms with Crippen LogP contribution in [0.4, 0.5) is 0 Å². The number of hydrogen-bond donors (Lipinski definition) is 1. The molecule has 0 bridgehead atoms. The Hall–Kier alpha value is -0.610. The first-order valence-corrected chi connectivity index (χ1v) is 6.74. The van der Waals surface area contributed by atoms with Crippen molar-refractivity contribution in [3.63, 3.8) is 0 Å². The van der Waals surface area contributed by atoms with Crippen LogP contribution in [0.25, 0.3) is 0 Å². The molecule has 100 valence electrons. The van der Waals surface area contributed by atoms with E-state index in [0.29, 0.717) is 19.1 Å². The first kappa shape index (κ1) is 14.5. The van der Waals surface area contributed by atoms with Crippen LogP contribution >= 0.6 is 0 Å². The zero-order chi connectivity index (χ0) is 12.8. The second-order valence-corrected chi connectivity index (χ2v) is 5.05. The smallest absolute Gasteiger partial charge is 0.241 e. The summed E-state index contributed by atoms with van der Waals surface area (Å²) in [4.78, 5) is 14.0. The van der Waals surface area contributed by atoms with Crippen molar-refractivity contribution in [2.75, 3.05) is 19.8 Å². The van der Waals surface area contributed by atoms with E-state index in [-0.39, 0.29) is 18.1 Å². The molecule has 1 heterocycles. The number of carbonyl (C=O) groups excluding carboxylic acids is 1. The number of ether oxygens (including phenoxy) is 1. The van der Waals surface area contributed by atoms with Gasteiger partial charge in [-0.25, -0.2) is 0 Å². The Labute approximate surface area is 105 Å². The second kappa shape index (κ2) is 6.97. The van der Waals surface area contributed by atoms with E-state index in [4.69, 9.17) is 4.74 Å². The van der Waals surface area contributed by atoms with E-state index in [1.807, 2.05) is 11.8 Å². The number of nitrogens with zero attached hydrogens (tertiary/aromatic N) is 1. The highest BCUT2D eigenvalue weighted by molar-refractivity contribution is 5.84. The average Bonchev–Trinajstić information content (AvgIpc) is 2.61. The summed E-state index contributed by atoms with van der Waals surface area (Å²) in [6.45, 7) is 10.5. The molecule has 1 saturated heterocycles. The zero-order valence-electron chi connectivity index (χ0n) is 11.5. The molecule has 1 amide bonds. The molecule has 0 radical (unpaired) electrons. The third-order valence-electron chi connectivity index (χ3n) is 3.07. The molecule has 2 unspecified atom stereocenters. The summed E-state index contributed by atoms with van der Waals surface area (Å²) in [6.07, 6.45) is 2.00. The fourth-order valence-corrected chi connectivity index (χ4v) is 2.13. The van der Waals surface area contributed by atoms with E-state index < -0.39 is 0 Å². The summed E-state index contributed by atoms with van der Waals surface area (Å²) in [5, 5.41) is 3.36. The Morgan fingerprint density at radius 1 is 1.35 bits per heavy atom. The summed E-state index contributed by atoms with van der Waals surface area (Å²) in [7, 11) is 0. The summed E-state index contributed by atoms with van der Waals surface area (Å²) < 4.78 is 5.55. The van der Waals surface area contributed by atoms with Gasteiger partial charge in [-0.15, -0.1) is 0 Å². The molecule has 1 rings (SSSR count). The van der Waals surface area contributed by atoms with Crippen LogP contribution < -0.4 is 5.32 Å². The monoisotopic (exact) mass is 242 g/mol. The molecule has 1 N–H and O–H groups in total. The molecular formula is C13H26N2O2. The number of carbonyl (C=O) groups is 1. The fraction of sp³-hybridized carbons (Fsp3) is 0.923. The van der Waals surface area contributed by atoms with Crippen LogP contribution in [0, 0.1) is 5.92 Å². The Balaban J connectivity index is 2.37. The van der Waals surface area contributed by atoms with Crippen LogP contribution in [0.15, 0.2) is 0 Å². The van der Waals surface area contributed by atoms with Gasteiger partial charge in [-0.05, 0) is 18.8 Å². The molecule has 17 heavy (non-hydrogen) atoms. The summed E-state index contributed by atoms with van der Waals surface area (Å²) in [5.74, 6) is 0.778. The lowest BCUT2D eigenvalue weighted by molar-refractivity contribution is -0.130. The van der Waals surface area contributed by atoms with Gasteiger partial charge in [0.15, 0.2) is 0 Å². The minimum atomic E-state index is 0.00467. The third-order valence-corrected chi connectivity index (χ3v) is 3.07. The minimum Gasteiger partial charge on any atom is -0.379 e. The maximum atomic E-state index is 12.0. The SMILES string of the molecule is CCC1NC(CC)N(CCOCC(C)C)C1=O. The van der Waals surface area contributed by atoms with Crippen LogP contribution in [0.2, 0.25) is 0 Å². The van der Waals surface area contributed by atoms with Gasteiger partial charge in [0.1, 0.15) is 0 Å². The van der Waals surface area contributed by atoms with Crippen molar-refractivity contribution < 1.29 is 9.53 Å². The largest absolute Gasteiger partial charge is 0.379 e. The van der Waals surface area contributed by atoms with Crippen molar-refractivity contribution in [1.82, 2.24) is 10.2 Å². The van der Waals surface area contributed by atoms with Crippen LogP contribution in [0.5, 0.6) is 0 Å². The predicted molar refractivity (Wildman–Crippen MR) is 68.7 cm³/mol. The van der Waals surface area contributed by atoms with E-state index in [1.54, 1.807) is 0 Å². The molecular weight excluding hydrogens is 216 g/mol. The lowest BCUT2D eigenvalue weighted by atomic mass is 10.2. The minimum absolute atomic E-state index is 0.00467. The Bertz CT molecular complexity index is 244. The van der Waals surface area contributed by atoms with Gasteiger partial charge < -0.3 is 9.64 Å². The number of hydrogen-bond acceptors (Lipinski definition) is 3. The van der Waals surface area contributed by atoms with Crippen LogP contribution in [0.3, 0.4) is 0 Å². The summed E-state index contributed by atoms with van der Waals surface area (Å²) in [5.41, 5.74) is 0. The van der Waals surface area contributed by atoms with E-state index in [9.17, 15) is 4.79 Å². The standard InChI is InChI=1S/C13H26N2O2/c1-5-11-13(16)15(12(6-2)14-11)7-8-17-9-10(3)4/h10-12,14H,5-9H2,1-4H3. The van der Waals surface area contributed by atoms with Gasteiger partial charge in [0.25, 0.3) is 0 Å². The highest BCUT2D eigenvalue weighted by atomic mass is 16.5. The van der Waals surface area contributed by atoms with Crippen molar-refractivity contribution in [2.45, 2.75) is 52.7 Å². The van der Waals surface area contributed by atoms with Crippen LogP contribution in [-0.2, 0) is 9.53 Å². The fourth-order valence-electron chi connectivity index (χ4n) is 2.13. The van der Waals surface area contributed by atoms with Crippen molar-refractivity contribution in [2.24, 2.45) is 5.92 Å². The van der Waals surface area contributed by atoms with E-state index in [0.717, 1.165) is 19.4 Å². The van der Waals surface area contributed by atoms with Crippen molar-refractivity contribution in [1.29, 1.82) is 0 Å². The number of rotatable bonds is 7. The van der Waals surface area contributed by atoms with Gasteiger partial charge in [0.2, 0.25) is 5.91 Å². The highest BCUT2D eigenvalue weighted by Gasteiger charge is 2.36. The van der Waals surface area contributed by atoms with Crippen LogP contribution in [0.1, 0.15) is 40.5 Å². The normalized spacial score (nSPS) is 25.0. The second-order valence-electron chi connectivity index (χ2n) is 5.05. The molecule has 0 aromatic rings. The van der Waals surface area contributed by atoms with Gasteiger partial charge in [-0.1, -0.05) is 27.7 Å². The van der Waals surface area contributed by atoms with Gasteiger partial charge in [0.05, 0.1) is 18.8 Å². The molecule has 4 nitrogen and oxygen atoms in total. The first-order chi connectivity index (χ1) is 8.10. The molecule has 0 aromatic carbocycles. The predicted octanol–water partition coefficient (Wildman–Crippen LogP) is 1.61. The number of nitrogens with one attached hydrogen (secondary N) is 1. The molecule has 1 fully saturated rings. The first-order valence-electron chi connectivity index (χ1n) is 6.74. The van der Waals surface area contributed by atoms with Gasteiger partial charge in [-0.2, -0.15) is 0 Å². The molecule has 0 spiro atoms. The topological polar surface area (TPSA) is 41.6 Å². The lowest BCUT2D eigenvalue weighted by Crippen LogP contribution is -2.39. The van der Waals surface area contributed by atoms with E-state index in [2.05, 4.69) is 26.1 Å². The molecule has 0 aliphatic carbocycles. The molecule has 0 aromatic heterocycles. The highest BCUT2D eigenvalue weighted by Crippen LogP contribution is 2.15. The van der Waals surface area contributed by atoms with Gasteiger partial charge in [0, 0.05) is 13.2 Å². The Morgan fingerprint density at radius 3 is 2.59 bits per heavy atom. The summed E-state index contributed by atoms with van der Waals surface area (Å²) in [6, 6.07) is 0.00467. The average molecular weight is 242 g/mol. The zero-order valence-corrected chi connectivity index (χ0v) is 11.5. The third kappa shape index (κ3) is 3.96. The van der Waals surface area contributed by atoms with Crippen molar-refractivity contribution in [3.8, 4) is 0 Å². The van der Waals surface area contributed by atoms with Crippen LogP contribution in [-0.4, -0.2) is 42.8 Å². The molecule has 0 saturated carbocycles. The number of amides is 1. The van der Waals surface area contributed by atoms with E-state index >= 15 is 0 Å². The van der Waals surface area contributed by atoms with Gasteiger partial charge >= 0.3 is 0 Å². The molecule has 2 atom stereocenters. The molecule has 1 aliphatic heterocycles. The molecule has 4 heteroatoms. The summed E-state index contributed by atoms with van der Waals surface area (Å²) >= 11 is 0. The molecule has 1 aliphatic rings. The Morgan fingerprint density at radius 2 is 2.06 bits per heavy atom. The van der Waals surface area contributed by atoms with Gasteiger partial charge in [-0.3, -0.25) is 10.1 Å².